The molecule has 7 heteroatoms. The Morgan fingerprint density at radius 3 is 3.05 bits per heavy atom. The standard InChI is InChI=1S/C15H22N6O/c1-15(2)6-7-21(10-15)14(16-3)17-9-12-18-13(20-19-12)11-5-4-8-22-11/h4-5,8H,6-7,9-10H2,1-3H3,(H,16,17)(H,18,19,20). The molecular weight excluding hydrogens is 280 g/mol. The van der Waals surface area contributed by atoms with Crippen LogP contribution >= 0.6 is 0 Å². The highest BCUT2D eigenvalue weighted by atomic mass is 16.3. The van der Waals surface area contributed by atoms with Gasteiger partial charge in [0.15, 0.2) is 11.7 Å². The number of hydrogen-bond donors (Lipinski definition) is 2. The van der Waals surface area contributed by atoms with E-state index in [1.165, 1.54) is 6.42 Å². The van der Waals surface area contributed by atoms with E-state index in [2.05, 4.69) is 44.2 Å². The van der Waals surface area contributed by atoms with Gasteiger partial charge in [-0.2, -0.15) is 0 Å². The first-order chi connectivity index (χ1) is 10.6. The number of furan rings is 1. The summed E-state index contributed by atoms with van der Waals surface area (Å²) < 4.78 is 5.29. The highest BCUT2D eigenvalue weighted by Gasteiger charge is 2.30. The lowest BCUT2D eigenvalue weighted by Crippen LogP contribution is -2.40. The lowest BCUT2D eigenvalue weighted by atomic mass is 9.93. The van der Waals surface area contributed by atoms with Crippen molar-refractivity contribution in [2.45, 2.75) is 26.8 Å². The van der Waals surface area contributed by atoms with Crippen molar-refractivity contribution in [3.05, 3.63) is 24.2 Å². The van der Waals surface area contributed by atoms with Gasteiger partial charge in [-0.1, -0.05) is 13.8 Å². The number of aromatic amines is 1. The Labute approximate surface area is 129 Å². The fourth-order valence-corrected chi connectivity index (χ4v) is 2.68. The van der Waals surface area contributed by atoms with Crippen LogP contribution in [0.5, 0.6) is 0 Å². The minimum atomic E-state index is 0.344. The number of rotatable bonds is 3. The first-order valence-corrected chi connectivity index (χ1v) is 7.48. The van der Waals surface area contributed by atoms with Crippen LogP contribution in [-0.4, -0.2) is 46.2 Å². The Kier molecular flexibility index (Phi) is 3.87. The van der Waals surface area contributed by atoms with Crippen molar-refractivity contribution in [1.29, 1.82) is 0 Å². The number of likely N-dealkylation sites (tertiary alicyclic amines) is 1. The average Bonchev–Trinajstić information content (AvgIpc) is 3.19. The summed E-state index contributed by atoms with van der Waals surface area (Å²) in [6.45, 7) is 7.16. The van der Waals surface area contributed by atoms with Crippen molar-refractivity contribution in [1.82, 2.24) is 25.4 Å². The molecule has 2 N–H and O–H groups in total. The minimum absolute atomic E-state index is 0.344. The maximum Gasteiger partial charge on any atom is 0.216 e. The molecule has 0 unspecified atom stereocenters. The molecule has 1 fully saturated rings. The maximum atomic E-state index is 5.29. The zero-order valence-corrected chi connectivity index (χ0v) is 13.3. The molecule has 118 valence electrons. The topological polar surface area (TPSA) is 82.3 Å². The molecule has 0 amide bonds. The third-order valence-corrected chi connectivity index (χ3v) is 3.88. The van der Waals surface area contributed by atoms with Gasteiger partial charge in [-0.3, -0.25) is 10.1 Å². The zero-order chi connectivity index (χ0) is 15.6. The average molecular weight is 302 g/mol. The predicted octanol–water partition coefficient (Wildman–Crippen LogP) is 1.87. The second-order valence-electron chi connectivity index (χ2n) is 6.32. The van der Waals surface area contributed by atoms with E-state index in [1.54, 1.807) is 6.26 Å². The maximum absolute atomic E-state index is 5.29. The monoisotopic (exact) mass is 302 g/mol. The van der Waals surface area contributed by atoms with E-state index in [0.717, 1.165) is 24.9 Å². The van der Waals surface area contributed by atoms with Gasteiger partial charge in [-0.05, 0) is 24.0 Å². The molecule has 0 radical (unpaired) electrons. The molecular formula is C15H22N6O. The number of hydrogen-bond acceptors (Lipinski definition) is 4. The molecule has 7 nitrogen and oxygen atoms in total. The summed E-state index contributed by atoms with van der Waals surface area (Å²) >= 11 is 0. The summed E-state index contributed by atoms with van der Waals surface area (Å²) in [4.78, 5) is 11.1. The van der Waals surface area contributed by atoms with E-state index in [-0.39, 0.29) is 0 Å². The van der Waals surface area contributed by atoms with Gasteiger partial charge in [-0.25, -0.2) is 4.98 Å². The highest BCUT2D eigenvalue weighted by molar-refractivity contribution is 5.80. The molecule has 3 heterocycles. The fraction of sp³-hybridized carbons (Fsp3) is 0.533. The van der Waals surface area contributed by atoms with Gasteiger partial charge in [0.1, 0.15) is 5.82 Å². The molecule has 2 aromatic heterocycles. The van der Waals surface area contributed by atoms with E-state index in [0.29, 0.717) is 23.5 Å². The van der Waals surface area contributed by atoms with Crippen molar-refractivity contribution in [3.63, 3.8) is 0 Å². The molecule has 1 aliphatic heterocycles. The number of aromatic nitrogens is 3. The minimum Gasteiger partial charge on any atom is -0.461 e. The third kappa shape index (κ3) is 3.13. The van der Waals surface area contributed by atoms with Gasteiger partial charge in [0.05, 0.1) is 12.8 Å². The Morgan fingerprint density at radius 2 is 2.41 bits per heavy atom. The number of guanidine groups is 1. The van der Waals surface area contributed by atoms with E-state index in [1.807, 2.05) is 19.2 Å². The molecule has 3 rings (SSSR count). The Balaban J connectivity index is 1.60. The van der Waals surface area contributed by atoms with Gasteiger partial charge in [-0.15, -0.1) is 5.10 Å². The Hall–Kier alpha value is -2.31. The second-order valence-corrected chi connectivity index (χ2v) is 6.32. The molecule has 0 saturated carbocycles. The van der Waals surface area contributed by atoms with Crippen LogP contribution in [0.25, 0.3) is 11.6 Å². The number of nitrogens with one attached hydrogen (secondary N) is 2. The molecule has 0 spiro atoms. The Bertz CT molecular complexity index is 643. The zero-order valence-electron chi connectivity index (χ0n) is 13.3. The van der Waals surface area contributed by atoms with Crippen molar-refractivity contribution < 1.29 is 4.42 Å². The SMILES string of the molecule is CN=C(NCc1nc(-c2ccco2)n[nH]1)N1CCC(C)(C)C1. The van der Waals surface area contributed by atoms with Crippen LogP contribution in [0.4, 0.5) is 0 Å². The van der Waals surface area contributed by atoms with E-state index in [9.17, 15) is 0 Å². The van der Waals surface area contributed by atoms with Gasteiger partial charge < -0.3 is 14.6 Å². The summed E-state index contributed by atoms with van der Waals surface area (Å²) in [6.07, 6.45) is 2.79. The van der Waals surface area contributed by atoms with Gasteiger partial charge >= 0.3 is 0 Å². The molecule has 0 atom stereocenters. The summed E-state index contributed by atoms with van der Waals surface area (Å²) in [5, 5.41) is 10.4. The van der Waals surface area contributed by atoms with Gasteiger partial charge in [0.25, 0.3) is 0 Å². The summed E-state index contributed by atoms with van der Waals surface area (Å²) in [7, 11) is 1.81. The summed E-state index contributed by atoms with van der Waals surface area (Å²) in [5.41, 5.74) is 0.344. The number of aliphatic imine (C=N–C) groups is 1. The van der Waals surface area contributed by atoms with Gasteiger partial charge in [0, 0.05) is 20.1 Å². The largest absolute Gasteiger partial charge is 0.461 e. The third-order valence-electron chi connectivity index (χ3n) is 3.88. The number of H-pyrrole nitrogens is 1. The van der Waals surface area contributed by atoms with Crippen LogP contribution in [0.3, 0.4) is 0 Å². The number of nitrogens with zero attached hydrogens (tertiary/aromatic N) is 4. The van der Waals surface area contributed by atoms with E-state index >= 15 is 0 Å². The first-order valence-electron chi connectivity index (χ1n) is 7.48. The Morgan fingerprint density at radius 1 is 1.55 bits per heavy atom. The molecule has 1 aliphatic rings. The summed E-state index contributed by atoms with van der Waals surface area (Å²) in [6, 6.07) is 3.66. The second kappa shape index (κ2) is 5.82. The van der Waals surface area contributed by atoms with E-state index < -0.39 is 0 Å². The molecule has 0 aromatic carbocycles. The molecule has 2 aromatic rings. The highest BCUT2D eigenvalue weighted by Crippen LogP contribution is 2.28. The van der Waals surface area contributed by atoms with Crippen molar-refractivity contribution in [2.24, 2.45) is 10.4 Å². The normalized spacial score (nSPS) is 18.0. The van der Waals surface area contributed by atoms with Crippen LogP contribution in [-0.2, 0) is 6.54 Å². The first kappa shape index (κ1) is 14.6. The van der Waals surface area contributed by atoms with E-state index in [4.69, 9.17) is 4.42 Å². The van der Waals surface area contributed by atoms with Crippen molar-refractivity contribution in [3.8, 4) is 11.6 Å². The summed E-state index contributed by atoms with van der Waals surface area (Å²) in [5.74, 6) is 2.89. The smallest absolute Gasteiger partial charge is 0.216 e. The van der Waals surface area contributed by atoms with Crippen LogP contribution in [0, 0.1) is 5.41 Å². The van der Waals surface area contributed by atoms with Crippen LogP contribution in [0.1, 0.15) is 26.1 Å². The molecule has 1 saturated heterocycles. The van der Waals surface area contributed by atoms with Crippen LogP contribution in [0.2, 0.25) is 0 Å². The van der Waals surface area contributed by atoms with Crippen molar-refractivity contribution in [2.75, 3.05) is 20.1 Å². The van der Waals surface area contributed by atoms with Gasteiger partial charge in [0.2, 0.25) is 5.82 Å². The fourth-order valence-electron chi connectivity index (χ4n) is 2.68. The molecule has 22 heavy (non-hydrogen) atoms. The van der Waals surface area contributed by atoms with Crippen LogP contribution in [0.15, 0.2) is 27.8 Å². The quantitative estimate of drug-likeness (QED) is 0.668. The lowest BCUT2D eigenvalue weighted by Gasteiger charge is -2.23. The predicted molar refractivity (Wildman–Crippen MR) is 84.3 cm³/mol. The molecule has 0 bridgehead atoms. The molecule has 0 aliphatic carbocycles. The lowest BCUT2D eigenvalue weighted by molar-refractivity contribution is 0.370. The van der Waals surface area contributed by atoms with Crippen LogP contribution < -0.4 is 5.32 Å². The van der Waals surface area contributed by atoms with Crippen molar-refractivity contribution >= 4 is 5.96 Å².